The number of hydrogen-bond donors (Lipinski definition) is 1. The lowest BCUT2D eigenvalue weighted by Crippen LogP contribution is -2.27. The van der Waals surface area contributed by atoms with Crippen LogP contribution in [0, 0.1) is 0 Å². The second-order valence-electron chi connectivity index (χ2n) is 6.85. The van der Waals surface area contributed by atoms with Crippen LogP contribution in [0.15, 0.2) is 11.0 Å². The quantitative estimate of drug-likeness (QED) is 0.920. The Morgan fingerprint density at radius 1 is 1.17 bits per heavy atom. The summed E-state index contributed by atoms with van der Waals surface area (Å²) in [6.45, 7) is 0. The molecule has 0 atom stereocenters. The lowest BCUT2D eigenvalue weighted by atomic mass is 9.92. The molecule has 2 aliphatic carbocycles. The van der Waals surface area contributed by atoms with Crippen molar-refractivity contribution < 1.29 is 8.78 Å². The summed E-state index contributed by atoms with van der Waals surface area (Å²) >= 11 is 0. The van der Waals surface area contributed by atoms with E-state index < -0.39 is 5.92 Å². The van der Waals surface area contributed by atoms with Gasteiger partial charge in [0.2, 0.25) is 5.92 Å². The lowest BCUT2D eigenvalue weighted by molar-refractivity contribution is -0.0446. The Balaban J connectivity index is 1.71. The highest BCUT2D eigenvalue weighted by Gasteiger charge is 2.36. The Morgan fingerprint density at radius 3 is 2.57 bits per heavy atom. The zero-order valence-corrected chi connectivity index (χ0v) is 12.9. The number of rotatable bonds is 2. The molecule has 0 spiro atoms. The fourth-order valence-corrected chi connectivity index (χ4v) is 3.88. The number of aromatic nitrogens is 4. The third kappa shape index (κ3) is 2.66. The molecule has 5 nitrogen and oxygen atoms in total. The van der Waals surface area contributed by atoms with Crippen LogP contribution in [-0.2, 0) is 0 Å². The van der Waals surface area contributed by atoms with E-state index in [1.54, 1.807) is 4.68 Å². The largest absolute Gasteiger partial charge is 0.310 e. The molecule has 0 bridgehead atoms. The van der Waals surface area contributed by atoms with Crippen LogP contribution in [0.4, 0.5) is 8.78 Å². The Labute approximate surface area is 132 Å². The van der Waals surface area contributed by atoms with Crippen molar-refractivity contribution >= 4 is 11.0 Å². The Morgan fingerprint density at radius 2 is 1.87 bits per heavy atom. The molecule has 2 heterocycles. The number of H-pyrrole nitrogens is 1. The van der Waals surface area contributed by atoms with Gasteiger partial charge in [0, 0.05) is 18.8 Å². The zero-order valence-electron chi connectivity index (χ0n) is 12.9. The normalized spacial score (nSPS) is 22.9. The molecule has 2 aliphatic rings. The maximum absolute atomic E-state index is 13.4. The van der Waals surface area contributed by atoms with Gasteiger partial charge in [-0.1, -0.05) is 12.8 Å². The first-order valence-corrected chi connectivity index (χ1v) is 8.39. The van der Waals surface area contributed by atoms with E-state index in [1.165, 1.54) is 6.20 Å². The molecular weight excluding hydrogens is 302 g/mol. The molecule has 0 saturated heterocycles. The topological polar surface area (TPSA) is 63.6 Å². The van der Waals surface area contributed by atoms with Gasteiger partial charge in [-0.2, -0.15) is 5.10 Å². The first kappa shape index (κ1) is 14.8. The molecule has 2 aromatic rings. The standard InChI is InChI=1S/C16H20F2N4O/c17-16(18)7-5-11(6-8-16)22-14-12(9-19-22)15(23)21-13(20-14)10-3-1-2-4-10/h9-11H,1-8H2,(H,20,21,23). The van der Waals surface area contributed by atoms with Gasteiger partial charge in [0.15, 0.2) is 5.65 Å². The minimum Gasteiger partial charge on any atom is -0.310 e. The summed E-state index contributed by atoms with van der Waals surface area (Å²) in [5, 5.41) is 4.73. The zero-order chi connectivity index (χ0) is 16.0. The SMILES string of the molecule is O=c1[nH]c(C2CCCC2)nc2c1cnn2C1CCC(F)(F)CC1. The van der Waals surface area contributed by atoms with Crippen molar-refractivity contribution in [3.63, 3.8) is 0 Å². The average molecular weight is 322 g/mol. The predicted octanol–water partition coefficient (Wildman–Crippen LogP) is 3.53. The van der Waals surface area contributed by atoms with E-state index in [9.17, 15) is 13.6 Å². The second kappa shape index (κ2) is 5.39. The maximum Gasteiger partial charge on any atom is 0.262 e. The van der Waals surface area contributed by atoms with Crippen molar-refractivity contribution in [2.45, 2.75) is 69.2 Å². The molecule has 0 radical (unpaired) electrons. The molecule has 0 amide bonds. The maximum atomic E-state index is 13.4. The van der Waals surface area contributed by atoms with Gasteiger partial charge < -0.3 is 4.98 Å². The van der Waals surface area contributed by atoms with Crippen molar-refractivity contribution in [2.75, 3.05) is 0 Å². The third-order valence-corrected chi connectivity index (χ3v) is 5.26. The number of fused-ring (bicyclic) bond motifs is 1. The first-order valence-electron chi connectivity index (χ1n) is 8.39. The van der Waals surface area contributed by atoms with Gasteiger partial charge in [0.1, 0.15) is 11.2 Å². The number of aromatic amines is 1. The summed E-state index contributed by atoms with van der Waals surface area (Å²) in [4.78, 5) is 19.8. The molecule has 0 aromatic carbocycles. The molecule has 1 N–H and O–H groups in total. The average Bonchev–Trinajstić information content (AvgIpc) is 3.16. The number of nitrogens with zero attached hydrogens (tertiary/aromatic N) is 3. The highest BCUT2D eigenvalue weighted by Crippen LogP contribution is 2.39. The molecule has 0 unspecified atom stereocenters. The highest BCUT2D eigenvalue weighted by atomic mass is 19.3. The summed E-state index contributed by atoms with van der Waals surface area (Å²) in [6, 6.07) is -0.0992. The summed E-state index contributed by atoms with van der Waals surface area (Å²) in [5.74, 6) is -1.55. The first-order chi connectivity index (χ1) is 11.0. The third-order valence-electron chi connectivity index (χ3n) is 5.26. The molecule has 0 aliphatic heterocycles. The Bertz CT molecular complexity index is 766. The minimum absolute atomic E-state index is 0.0992. The molecule has 23 heavy (non-hydrogen) atoms. The summed E-state index contributed by atoms with van der Waals surface area (Å²) in [5.41, 5.74) is 0.371. The van der Waals surface area contributed by atoms with Gasteiger partial charge in [-0.3, -0.25) is 4.79 Å². The van der Waals surface area contributed by atoms with E-state index in [0.29, 0.717) is 29.8 Å². The lowest BCUT2D eigenvalue weighted by Gasteiger charge is -2.28. The van der Waals surface area contributed by atoms with Crippen LogP contribution in [0.25, 0.3) is 11.0 Å². The summed E-state index contributed by atoms with van der Waals surface area (Å²) in [6.07, 6.45) is 6.39. The Hall–Kier alpha value is -1.79. The van der Waals surface area contributed by atoms with E-state index in [-0.39, 0.29) is 24.4 Å². The van der Waals surface area contributed by atoms with E-state index in [4.69, 9.17) is 0 Å². The van der Waals surface area contributed by atoms with Gasteiger partial charge in [-0.25, -0.2) is 18.4 Å². The summed E-state index contributed by atoms with van der Waals surface area (Å²) in [7, 11) is 0. The fourth-order valence-electron chi connectivity index (χ4n) is 3.88. The van der Waals surface area contributed by atoms with Crippen LogP contribution in [-0.4, -0.2) is 25.7 Å². The van der Waals surface area contributed by atoms with Crippen molar-refractivity contribution in [3.05, 3.63) is 22.4 Å². The molecule has 7 heteroatoms. The van der Waals surface area contributed by atoms with Crippen LogP contribution in [0.5, 0.6) is 0 Å². The smallest absolute Gasteiger partial charge is 0.262 e. The van der Waals surface area contributed by atoms with E-state index >= 15 is 0 Å². The van der Waals surface area contributed by atoms with Gasteiger partial charge in [0.05, 0.1) is 12.2 Å². The van der Waals surface area contributed by atoms with Crippen LogP contribution in [0.2, 0.25) is 0 Å². The van der Waals surface area contributed by atoms with E-state index in [0.717, 1.165) is 31.5 Å². The second-order valence-corrected chi connectivity index (χ2v) is 6.85. The fraction of sp³-hybridized carbons (Fsp3) is 0.688. The van der Waals surface area contributed by atoms with Crippen molar-refractivity contribution in [1.82, 2.24) is 19.7 Å². The van der Waals surface area contributed by atoms with E-state index in [1.807, 2.05) is 0 Å². The van der Waals surface area contributed by atoms with E-state index in [2.05, 4.69) is 15.1 Å². The summed E-state index contributed by atoms with van der Waals surface area (Å²) < 4.78 is 28.4. The van der Waals surface area contributed by atoms with Gasteiger partial charge in [-0.05, 0) is 25.7 Å². The monoisotopic (exact) mass is 322 g/mol. The van der Waals surface area contributed by atoms with Crippen LogP contribution >= 0.6 is 0 Å². The molecule has 124 valence electrons. The number of hydrogen-bond acceptors (Lipinski definition) is 3. The van der Waals surface area contributed by atoms with Crippen LogP contribution in [0.1, 0.15) is 69.2 Å². The Kier molecular flexibility index (Phi) is 3.46. The highest BCUT2D eigenvalue weighted by molar-refractivity contribution is 5.73. The van der Waals surface area contributed by atoms with Crippen LogP contribution in [0.3, 0.4) is 0 Å². The minimum atomic E-state index is -2.57. The molecule has 2 fully saturated rings. The van der Waals surface area contributed by atoms with Crippen molar-refractivity contribution in [2.24, 2.45) is 0 Å². The molecule has 4 rings (SSSR count). The number of nitrogens with one attached hydrogen (secondary N) is 1. The molecule has 2 saturated carbocycles. The van der Waals surface area contributed by atoms with Gasteiger partial charge in [-0.15, -0.1) is 0 Å². The molecular formula is C16H20F2N4O. The number of halogens is 2. The number of alkyl halides is 2. The van der Waals surface area contributed by atoms with Crippen molar-refractivity contribution in [1.29, 1.82) is 0 Å². The van der Waals surface area contributed by atoms with Crippen LogP contribution < -0.4 is 5.56 Å². The predicted molar refractivity (Wildman–Crippen MR) is 81.8 cm³/mol. The van der Waals surface area contributed by atoms with Gasteiger partial charge in [0.25, 0.3) is 5.56 Å². The van der Waals surface area contributed by atoms with Gasteiger partial charge >= 0.3 is 0 Å². The van der Waals surface area contributed by atoms with Crippen molar-refractivity contribution in [3.8, 4) is 0 Å². The molecule has 2 aromatic heterocycles.